The Hall–Kier alpha value is -2.99. The molecule has 2 aromatic heterocycles. The van der Waals surface area contributed by atoms with E-state index in [1.54, 1.807) is 6.07 Å². The second kappa shape index (κ2) is 11.6. The van der Waals surface area contributed by atoms with Gasteiger partial charge in [-0.3, -0.25) is 4.99 Å². The number of pyridine rings is 1. The summed E-state index contributed by atoms with van der Waals surface area (Å²) in [6.07, 6.45) is 4.11. The van der Waals surface area contributed by atoms with Gasteiger partial charge in [-0.05, 0) is 95.1 Å². The molecule has 0 bridgehead atoms. The highest BCUT2D eigenvalue weighted by molar-refractivity contribution is 5.95. The van der Waals surface area contributed by atoms with E-state index in [0.29, 0.717) is 11.6 Å². The Labute approximate surface area is 209 Å². The second-order valence-electron chi connectivity index (χ2n) is 10.4. The zero-order valence-electron chi connectivity index (χ0n) is 22.3. The number of aryl methyl sites for hydroxylation is 1. The maximum absolute atomic E-state index is 14.7. The Balaban J connectivity index is 0.000000795. The van der Waals surface area contributed by atoms with Crippen LogP contribution >= 0.6 is 0 Å². The number of hydrogen-bond acceptors (Lipinski definition) is 4. The minimum Gasteiger partial charge on any atom is -0.345 e. The van der Waals surface area contributed by atoms with Crippen molar-refractivity contribution >= 4 is 28.3 Å². The van der Waals surface area contributed by atoms with Gasteiger partial charge in [0.05, 0.1) is 0 Å². The van der Waals surface area contributed by atoms with Gasteiger partial charge >= 0.3 is 0 Å². The summed E-state index contributed by atoms with van der Waals surface area (Å²) in [4.78, 5) is 14.6. The number of nitrogens with one attached hydrogen (secondary N) is 2. The first-order valence-electron chi connectivity index (χ1n) is 12.5. The Kier molecular flexibility index (Phi) is 8.84. The van der Waals surface area contributed by atoms with Crippen LogP contribution < -0.4 is 5.32 Å². The smallest absolute Gasteiger partial charge is 0.149 e. The van der Waals surface area contributed by atoms with E-state index in [2.05, 4.69) is 54.6 Å². The number of anilines is 1. The van der Waals surface area contributed by atoms with Gasteiger partial charge < -0.3 is 15.2 Å². The number of H-pyrrole nitrogens is 1. The molecule has 1 saturated heterocycles. The van der Waals surface area contributed by atoms with Gasteiger partial charge in [-0.1, -0.05) is 27.4 Å². The van der Waals surface area contributed by atoms with E-state index < -0.39 is 0 Å². The summed E-state index contributed by atoms with van der Waals surface area (Å²) < 4.78 is 14.7. The highest BCUT2D eigenvalue weighted by Crippen LogP contribution is 2.34. The molecule has 0 aliphatic carbocycles. The molecule has 35 heavy (non-hydrogen) atoms. The number of fused-ring (bicyclic) bond motifs is 1. The van der Waals surface area contributed by atoms with Crippen LogP contribution in [-0.2, 0) is 0 Å². The van der Waals surface area contributed by atoms with Crippen molar-refractivity contribution in [2.75, 3.05) is 25.5 Å². The van der Waals surface area contributed by atoms with Crippen LogP contribution in [0.5, 0.6) is 0 Å². The summed E-state index contributed by atoms with van der Waals surface area (Å²) in [7, 11) is 2.16. The molecular formula is C29H40FN5. The molecule has 0 amide bonds. The van der Waals surface area contributed by atoms with Crippen LogP contribution in [0.2, 0.25) is 0 Å². The first-order chi connectivity index (χ1) is 16.5. The lowest BCUT2D eigenvalue weighted by atomic mass is 9.94. The zero-order chi connectivity index (χ0) is 25.7. The van der Waals surface area contributed by atoms with Crippen molar-refractivity contribution in [2.24, 2.45) is 16.8 Å². The van der Waals surface area contributed by atoms with Gasteiger partial charge in [-0.2, -0.15) is 0 Å². The molecule has 3 heterocycles. The predicted octanol–water partition coefficient (Wildman–Crippen LogP) is 7.72. The number of aromatic amines is 1. The quantitative estimate of drug-likeness (QED) is 0.370. The van der Waals surface area contributed by atoms with Crippen molar-refractivity contribution in [1.29, 1.82) is 0 Å². The SMILES string of the molecule is C=C(Nc1ccc2c(-c3cc(C)c(N=C(C)C)c(F)c3)c[nH]c2n1)C1CCN(C)CC1.CC(C)C. The topological polar surface area (TPSA) is 56.3 Å². The van der Waals surface area contributed by atoms with Crippen molar-refractivity contribution in [3.63, 3.8) is 0 Å². The van der Waals surface area contributed by atoms with Crippen LogP contribution in [0.4, 0.5) is 15.9 Å². The first kappa shape index (κ1) is 26.6. The van der Waals surface area contributed by atoms with Gasteiger partial charge in [-0.25, -0.2) is 9.37 Å². The third kappa shape index (κ3) is 7.01. The fourth-order valence-corrected chi connectivity index (χ4v) is 4.19. The van der Waals surface area contributed by atoms with Crippen LogP contribution in [0, 0.1) is 24.6 Å². The number of allylic oxidation sites excluding steroid dienone is 1. The molecule has 0 spiro atoms. The average Bonchev–Trinajstić information content (AvgIpc) is 3.19. The summed E-state index contributed by atoms with van der Waals surface area (Å²) in [5.41, 5.74) is 5.56. The Morgan fingerprint density at radius 3 is 2.46 bits per heavy atom. The molecule has 1 aliphatic rings. The minimum atomic E-state index is -0.314. The number of piperidine rings is 1. The van der Waals surface area contributed by atoms with Crippen molar-refractivity contribution in [3.8, 4) is 11.1 Å². The summed E-state index contributed by atoms with van der Waals surface area (Å²) in [5.74, 6) is 1.76. The average molecular weight is 478 g/mol. The highest BCUT2D eigenvalue weighted by Gasteiger charge is 2.20. The maximum atomic E-state index is 14.7. The van der Waals surface area contributed by atoms with E-state index in [9.17, 15) is 4.39 Å². The van der Waals surface area contributed by atoms with Crippen molar-refractivity contribution in [3.05, 3.63) is 54.1 Å². The van der Waals surface area contributed by atoms with Crippen LogP contribution in [-0.4, -0.2) is 40.7 Å². The predicted molar refractivity (Wildman–Crippen MR) is 148 cm³/mol. The molecule has 0 unspecified atom stereocenters. The molecule has 2 N–H and O–H groups in total. The number of aromatic nitrogens is 2. The van der Waals surface area contributed by atoms with Crippen LogP contribution in [0.15, 0.2) is 47.7 Å². The molecule has 6 heteroatoms. The van der Waals surface area contributed by atoms with Crippen molar-refractivity contribution in [2.45, 2.75) is 54.4 Å². The van der Waals surface area contributed by atoms with Gasteiger partial charge in [0, 0.05) is 34.5 Å². The van der Waals surface area contributed by atoms with E-state index >= 15 is 0 Å². The van der Waals surface area contributed by atoms with E-state index in [1.165, 1.54) is 0 Å². The monoisotopic (exact) mass is 477 g/mol. The molecule has 0 radical (unpaired) electrons. The van der Waals surface area contributed by atoms with E-state index in [0.717, 1.165) is 76.8 Å². The highest BCUT2D eigenvalue weighted by atomic mass is 19.1. The molecule has 5 nitrogen and oxygen atoms in total. The molecule has 1 aliphatic heterocycles. The van der Waals surface area contributed by atoms with Gasteiger partial charge in [0.1, 0.15) is 23.0 Å². The first-order valence-corrected chi connectivity index (χ1v) is 12.5. The standard InChI is InChI=1S/C25H30FN5.C4H10/c1-15(2)28-24-16(3)12-19(13-22(24)26)21-14-27-25-20(21)6-7-23(30-25)29-17(4)18-8-10-31(5)11-9-18;1-4(2)3/h6-7,12-14,18H,4,8-11H2,1-3,5H3,(H2,27,29,30);4H,1-3H3. The van der Waals surface area contributed by atoms with Gasteiger partial charge in [0.25, 0.3) is 0 Å². The molecule has 1 fully saturated rings. The van der Waals surface area contributed by atoms with Gasteiger partial charge in [0.15, 0.2) is 0 Å². The van der Waals surface area contributed by atoms with E-state index in [1.807, 2.05) is 45.2 Å². The van der Waals surface area contributed by atoms with Gasteiger partial charge in [-0.15, -0.1) is 0 Å². The second-order valence-corrected chi connectivity index (χ2v) is 10.4. The Morgan fingerprint density at radius 1 is 1.20 bits per heavy atom. The maximum Gasteiger partial charge on any atom is 0.149 e. The summed E-state index contributed by atoms with van der Waals surface area (Å²) in [5, 5.41) is 4.35. The number of halogens is 1. The van der Waals surface area contributed by atoms with Crippen LogP contribution in [0.3, 0.4) is 0 Å². The van der Waals surface area contributed by atoms with E-state index in [4.69, 9.17) is 4.98 Å². The lowest BCUT2D eigenvalue weighted by Crippen LogP contribution is -2.31. The molecule has 0 atom stereocenters. The number of benzene rings is 1. The fourth-order valence-electron chi connectivity index (χ4n) is 4.19. The molecular weight excluding hydrogens is 437 g/mol. The molecule has 1 aromatic carbocycles. The van der Waals surface area contributed by atoms with E-state index in [-0.39, 0.29) is 5.82 Å². The van der Waals surface area contributed by atoms with Crippen molar-refractivity contribution < 1.29 is 4.39 Å². The zero-order valence-corrected chi connectivity index (χ0v) is 22.3. The molecule has 3 aromatic rings. The van der Waals surface area contributed by atoms with Crippen LogP contribution in [0.1, 0.15) is 53.0 Å². The van der Waals surface area contributed by atoms with Crippen LogP contribution in [0.25, 0.3) is 22.2 Å². The van der Waals surface area contributed by atoms with Gasteiger partial charge in [0.2, 0.25) is 0 Å². The number of aliphatic imine (C=N–C) groups is 1. The summed E-state index contributed by atoms with van der Waals surface area (Å²) >= 11 is 0. The largest absolute Gasteiger partial charge is 0.345 e. The number of hydrogen-bond donors (Lipinski definition) is 2. The normalized spacial score (nSPS) is 14.5. The van der Waals surface area contributed by atoms with Crippen molar-refractivity contribution in [1.82, 2.24) is 14.9 Å². The summed E-state index contributed by atoms with van der Waals surface area (Å²) in [6, 6.07) is 7.50. The third-order valence-corrected chi connectivity index (χ3v) is 5.94. The molecule has 188 valence electrons. The number of rotatable bonds is 5. The fraction of sp³-hybridized carbons (Fsp3) is 0.448. The molecule has 4 rings (SSSR count). The minimum absolute atomic E-state index is 0.314. The number of nitrogens with zero attached hydrogens (tertiary/aromatic N) is 3. The lowest BCUT2D eigenvalue weighted by molar-refractivity contribution is 0.239. The Bertz CT molecular complexity index is 1170. The molecule has 0 saturated carbocycles. The third-order valence-electron chi connectivity index (χ3n) is 5.94. The Morgan fingerprint density at radius 2 is 1.86 bits per heavy atom. The number of likely N-dealkylation sites (tertiary alicyclic amines) is 1. The lowest BCUT2D eigenvalue weighted by Gasteiger charge is -2.30. The summed E-state index contributed by atoms with van der Waals surface area (Å²) in [6.45, 7) is 18.6.